The Morgan fingerprint density at radius 2 is 2.00 bits per heavy atom. The van der Waals surface area contributed by atoms with Crippen LogP contribution in [0, 0.1) is 5.92 Å². The molecule has 1 heterocycles. The summed E-state index contributed by atoms with van der Waals surface area (Å²) in [5.74, 6) is 0.435. The highest BCUT2D eigenvalue weighted by Crippen LogP contribution is 2.23. The molecule has 0 saturated carbocycles. The maximum Gasteiger partial charge on any atom is 0.0578 e. The minimum Gasteiger partial charge on any atom is -0.393 e. The maximum atomic E-state index is 10.0. The standard InChI is InChI=1S/C13H28N2O/c1-5-13(16)11-7-12(14-6-2)9-15(8-11)10(3)4/h10-14,16H,5-9H2,1-4H3. The molecular formula is C13H28N2O. The quantitative estimate of drug-likeness (QED) is 0.748. The zero-order valence-electron chi connectivity index (χ0n) is 11.2. The van der Waals surface area contributed by atoms with Gasteiger partial charge in [0.2, 0.25) is 0 Å². The molecule has 3 nitrogen and oxygen atoms in total. The molecule has 1 aliphatic rings. The Kier molecular flexibility index (Phi) is 5.73. The zero-order chi connectivity index (χ0) is 12.1. The molecule has 0 aliphatic carbocycles. The number of nitrogens with one attached hydrogen (secondary N) is 1. The van der Waals surface area contributed by atoms with Crippen molar-refractivity contribution in [2.75, 3.05) is 19.6 Å². The molecule has 0 aromatic heterocycles. The number of likely N-dealkylation sites (N-methyl/N-ethyl adjacent to an activating group) is 1. The van der Waals surface area contributed by atoms with Crippen LogP contribution in [0.1, 0.15) is 40.5 Å². The summed E-state index contributed by atoms with van der Waals surface area (Å²) in [4.78, 5) is 2.49. The highest BCUT2D eigenvalue weighted by molar-refractivity contribution is 4.87. The van der Waals surface area contributed by atoms with Crippen LogP contribution in [0.3, 0.4) is 0 Å². The van der Waals surface area contributed by atoms with Crippen molar-refractivity contribution >= 4 is 0 Å². The van der Waals surface area contributed by atoms with E-state index < -0.39 is 0 Å². The first-order valence-corrected chi connectivity index (χ1v) is 6.73. The first kappa shape index (κ1) is 13.9. The highest BCUT2D eigenvalue weighted by Gasteiger charge is 2.31. The first-order valence-electron chi connectivity index (χ1n) is 6.73. The van der Waals surface area contributed by atoms with E-state index in [1.165, 1.54) is 0 Å². The predicted octanol–water partition coefficient (Wildman–Crippen LogP) is 1.47. The number of hydrogen-bond donors (Lipinski definition) is 2. The molecule has 0 radical (unpaired) electrons. The summed E-state index contributed by atoms with van der Waals surface area (Å²) < 4.78 is 0. The van der Waals surface area contributed by atoms with Crippen molar-refractivity contribution in [1.29, 1.82) is 0 Å². The first-order chi connectivity index (χ1) is 7.58. The van der Waals surface area contributed by atoms with Crippen LogP contribution >= 0.6 is 0 Å². The molecule has 0 spiro atoms. The van der Waals surface area contributed by atoms with Crippen LogP contribution in [0.25, 0.3) is 0 Å². The van der Waals surface area contributed by atoms with Crippen molar-refractivity contribution < 1.29 is 5.11 Å². The van der Waals surface area contributed by atoms with Crippen LogP contribution in [0.15, 0.2) is 0 Å². The molecular weight excluding hydrogens is 200 g/mol. The molecule has 1 saturated heterocycles. The monoisotopic (exact) mass is 228 g/mol. The van der Waals surface area contributed by atoms with Gasteiger partial charge < -0.3 is 10.4 Å². The van der Waals surface area contributed by atoms with Gasteiger partial charge in [0.25, 0.3) is 0 Å². The number of likely N-dealkylation sites (tertiary alicyclic amines) is 1. The molecule has 96 valence electrons. The Bertz CT molecular complexity index is 196. The van der Waals surface area contributed by atoms with Crippen LogP contribution in [0.4, 0.5) is 0 Å². The fraction of sp³-hybridized carbons (Fsp3) is 1.00. The minimum absolute atomic E-state index is 0.136. The third-order valence-electron chi connectivity index (χ3n) is 3.70. The van der Waals surface area contributed by atoms with E-state index in [9.17, 15) is 5.11 Å². The summed E-state index contributed by atoms with van der Waals surface area (Å²) in [6, 6.07) is 1.13. The summed E-state index contributed by atoms with van der Waals surface area (Å²) in [7, 11) is 0. The Balaban J connectivity index is 2.58. The van der Waals surface area contributed by atoms with Crippen molar-refractivity contribution in [1.82, 2.24) is 10.2 Å². The second kappa shape index (κ2) is 6.58. The van der Waals surface area contributed by atoms with Gasteiger partial charge in [0.15, 0.2) is 0 Å². The SMILES string of the molecule is CCNC1CC(C(O)CC)CN(C(C)C)C1. The minimum atomic E-state index is -0.136. The number of aliphatic hydroxyl groups excluding tert-OH is 1. The molecule has 16 heavy (non-hydrogen) atoms. The lowest BCUT2D eigenvalue weighted by atomic mass is 9.88. The molecule has 0 amide bonds. The predicted molar refractivity (Wildman–Crippen MR) is 68.6 cm³/mol. The van der Waals surface area contributed by atoms with Crippen LogP contribution in [0.5, 0.6) is 0 Å². The Morgan fingerprint density at radius 1 is 1.31 bits per heavy atom. The summed E-state index contributed by atoms with van der Waals surface area (Å²) >= 11 is 0. The van der Waals surface area contributed by atoms with Crippen molar-refractivity contribution in [2.45, 2.75) is 58.7 Å². The van der Waals surface area contributed by atoms with E-state index in [-0.39, 0.29) is 6.10 Å². The van der Waals surface area contributed by atoms with Gasteiger partial charge in [-0.3, -0.25) is 4.90 Å². The second-order valence-electron chi connectivity index (χ2n) is 5.27. The second-order valence-corrected chi connectivity index (χ2v) is 5.27. The van der Waals surface area contributed by atoms with E-state index in [1.807, 2.05) is 0 Å². The fourth-order valence-corrected chi connectivity index (χ4v) is 2.64. The number of hydrogen-bond acceptors (Lipinski definition) is 3. The third-order valence-corrected chi connectivity index (χ3v) is 3.70. The van der Waals surface area contributed by atoms with E-state index in [1.54, 1.807) is 0 Å². The molecule has 3 atom stereocenters. The van der Waals surface area contributed by atoms with Crippen LogP contribution in [-0.4, -0.2) is 47.8 Å². The Morgan fingerprint density at radius 3 is 2.50 bits per heavy atom. The third kappa shape index (κ3) is 3.72. The number of aliphatic hydroxyl groups is 1. The van der Waals surface area contributed by atoms with Crippen molar-refractivity contribution in [2.24, 2.45) is 5.92 Å². The molecule has 1 aliphatic heterocycles. The lowest BCUT2D eigenvalue weighted by molar-refractivity contribution is 0.0250. The highest BCUT2D eigenvalue weighted by atomic mass is 16.3. The van der Waals surface area contributed by atoms with Crippen LogP contribution in [0.2, 0.25) is 0 Å². The number of nitrogens with zero attached hydrogens (tertiary/aromatic N) is 1. The van der Waals surface area contributed by atoms with Crippen molar-refractivity contribution in [3.63, 3.8) is 0 Å². The topological polar surface area (TPSA) is 35.5 Å². The molecule has 3 unspecified atom stereocenters. The van der Waals surface area contributed by atoms with E-state index in [0.29, 0.717) is 18.0 Å². The van der Waals surface area contributed by atoms with Gasteiger partial charge in [0.05, 0.1) is 6.10 Å². The Hall–Kier alpha value is -0.120. The summed E-state index contributed by atoms with van der Waals surface area (Å²) in [6.45, 7) is 11.9. The van der Waals surface area contributed by atoms with Gasteiger partial charge in [-0.2, -0.15) is 0 Å². The Labute approximate surface area is 100 Å². The van der Waals surface area contributed by atoms with Crippen molar-refractivity contribution in [3.8, 4) is 0 Å². The smallest absolute Gasteiger partial charge is 0.0578 e. The number of rotatable bonds is 5. The molecule has 0 aromatic rings. The van der Waals surface area contributed by atoms with Gasteiger partial charge in [0, 0.05) is 25.2 Å². The van der Waals surface area contributed by atoms with Gasteiger partial charge in [-0.25, -0.2) is 0 Å². The van der Waals surface area contributed by atoms with E-state index >= 15 is 0 Å². The summed E-state index contributed by atoms with van der Waals surface area (Å²) in [6.07, 6.45) is 1.85. The van der Waals surface area contributed by atoms with Crippen molar-refractivity contribution in [3.05, 3.63) is 0 Å². The van der Waals surface area contributed by atoms with E-state index in [2.05, 4.69) is 37.9 Å². The van der Waals surface area contributed by atoms with Crippen LogP contribution < -0.4 is 5.32 Å². The summed E-state index contributed by atoms with van der Waals surface area (Å²) in [5, 5.41) is 13.5. The van der Waals surface area contributed by atoms with Gasteiger partial charge in [-0.1, -0.05) is 13.8 Å². The maximum absolute atomic E-state index is 10.0. The summed E-state index contributed by atoms with van der Waals surface area (Å²) in [5.41, 5.74) is 0. The zero-order valence-corrected chi connectivity index (χ0v) is 11.2. The molecule has 2 N–H and O–H groups in total. The molecule has 1 fully saturated rings. The average Bonchev–Trinajstić information content (AvgIpc) is 2.28. The lowest BCUT2D eigenvalue weighted by Crippen LogP contribution is -2.53. The molecule has 0 aromatic carbocycles. The van der Waals surface area contributed by atoms with E-state index in [4.69, 9.17) is 0 Å². The van der Waals surface area contributed by atoms with Gasteiger partial charge in [-0.05, 0) is 39.2 Å². The van der Waals surface area contributed by atoms with Gasteiger partial charge in [-0.15, -0.1) is 0 Å². The molecule has 3 heteroatoms. The molecule has 0 bridgehead atoms. The van der Waals surface area contributed by atoms with Crippen LogP contribution in [-0.2, 0) is 0 Å². The van der Waals surface area contributed by atoms with Gasteiger partial charge in [0.1, 0.15) is 0 Å². The number of piperidine rings is 1. The van der Waals surface area contributed by atoms with E-state index in [0.717, 1.165) is 32.5 Å². The largest absolute Gasteiger partial charge is 0.393 e. The lowest BCUT2D eigenvalue weighted by Gasteiger charge is -2.41. The molecule has 1 rings (SSSR count). The fourth-order valence-electron chi connectivity index (χ4n) is 2.64. The average molecular weight is 228 g/mol. The van der Waals surface area contributed by atoms with Gasteiger partial charge >= 0.3 is 0 Å². The normalized spacial score (nSPS) is 29.6.